The number of rotatable bonds is 5. The highest BCUT2D eigenvalue weighted by molar-refractivity contribution is 6.05. The Balaban J connectivity index is 2.21. The average molecular weight is 389 g/mol. The number of benzene rings is 1. The number of carboxylic acid groups (broad SMARTS) is 1. The number of tetrazole rings is 1. The van der Waals surface area contributed by atoms with E-state index in [0.29, 0.717) is 5.56 Å². The number of carbonyl (C=O) groups excluding carboxylic acids is 2. The third kappa shape index (κ3) is 3.40. The van der Waals surface area contributed by atoms with Gasteiger partial charge in [0.1, 0.15) is 12.4 Å². The summed E-state index contributed by atoms with van der Waals surface area (Å²) in [6.07, 6.45) is 0. The van der Waals surface area contributed by atoms with Gasteiger partial charge >= 0.3 is 17.9 Å². The van der Waals surface area contributed by atoms with Gasteiger partial charge in [-0.15, -0.1) is 10.2 Å². The molecule has 1 aromatic heterocycles. The molecule has 2 heterocycles. The number of carboxylic acids is 1. The standard InChI is InChI=1S/C16H15N5O7/c1-26-15(24)10-6-28-7-21(12(10)16(25)27-2)11-5-8(13-17-19-20-18-13)3-4-9(11)14(22)23/h3-5H,6-7H2,1-2H3,(H,22,23)(H,17,18,19,20). The van der Waals surface area contributed by atoms with E-state index in [1.165, 1.54) is 23.1 Å². The predicted molar refractivity (Wildman–Crippen MR) is 90.9 cm³/mol. The maximum atomic E-state index is 12.4. The van der Waals surface area contributed by atoms with Gasteiger partial charge in [-0.3, -0.25) is 0 Å². The minimum absolute atomic E-state index is 0.0799. The summed E-state index contributed by atoms with van der Waals surface area (Å²) < 4.78 is 14.9. The maximum absolute atomic E-state index is 12.4. The largest absolute Gasteiger partial charge is 0.478 e. The number of H-pyrrole nitrogens is 1. The van der Waals surface area contributed by atoms with Gasteiger partial charge in [0.05, 0.1) is 37.7 Å². The van der Waals surface area contributed by atoms with Gasteiger partial charge in [0.2, 0.25) is 5.82 Å². The fourth-order valence-corrected chi connectivity index (χ4v) is 2.69. The molecule has 0 unspecified atom stereocenters. The number of anilines is 1. The topological polar surface area (TPSA) is 157 Å². The molecule has 1 aromatic carbocycles. The van der Waals surface area contributed by atoms with Gasteiger partial charge in [-0.25, -0.2) is 14.4 Å². The first-order valence-electron chi connectivity index (χ1n) is 7.84. The van der Waals surface area contributed by atoms with Crippen molar-refractivity contribution in [3.05, 3.63) is 35.0 Å². The third-order valence-electron chi connectivity index (χ3n) is 3.96. The molecule has 0 fully saturated rings. The van der Waals surface area contributed by atoms with Crippen molar-refractivity contribution in [3.8, 4) is 11.4 Å². The molecule has 2 aromatic rings. The number of nitrogens with one attached hydrogen (secondary N) is 1. The van der Waals surface area contributed by atoms with Crippen molar-refractivity contribution in [2.45, 2.75) is 0 Å². The van der Waals surface area contributed by atoms with Crippen molar-refractivity contribution in [2.75, 3.05) is 32.5 Å². The molecular formula is C16H15N5O7. The second kappa shape index (κ2) is 7.84. The zero-order chi connectivity index (χ0) is 20.3. The Kier molecular flexibility index (Phi) is 5.31. The molecule has 28 heavy (non-hydrogen) atoms. The van der Waals surface area contributed by atoms with Crippen LogP contribution in [0.4, 0.5) is 5.69 Å². The Labute approximate surface area is 157 Å². The van der Waals surface area contributed by atoms with Crippen LogP contribution in [0.5, 0.6) is 0 Å². The fourth-order valence-electron chi connectivity index (χ4n) is 2.69. The summed E-state index contributed by atoms with van der Waals surface area (Å²) in [7, 11) is 2.30. The monoisotopic (exact) mass is 389 g/mol. The number of ether oxygens (including phenoxy) is 3. The van der Waals surface area contributed by atoms with E-state index in [9.17, 15) is 19.5 Å². The Hall–Kier alpha value is -3.80. The number of aromatic carboxylic acids is 1. The van der Waals surface area contributed by atoms with E-state index >= 15 is 0 Å². The maximum Gasteiger partial charge on any atom is 0.355 e. The van der Waals surface area contributed by atoms with E-state index in [2.05, 4.69) is 20.6 Å². The normalized spacial score (nSPS) is 14.0. The van der Waals surface area contributed by atoms with Crippen molar-refractivity contribution in [3.63, 3.8) is 0 Å². The summed E-state index contributed by atoms with van der Waals surface area (Å²) in [6.45, 7) is -0.387. The van der Waals surface area contributed by atoms with Crippen LogP contribution in [0.25, 0.3) is 11.4 Å². The molecular weight excluding hydrogens is 374 g/mol. The lowest BCUT2D eigenvalue weighted by atomic mass is 10.1. The van der Waals surface area contributed by atoms with Crippen molar-refractivity contribution in [1.29, 1.82) is 0 Å². The van der Waals surface area contributed by atoms with Crippen LogP contribution < -0.4 is 4.90 Å². The summed E-state index contributed by atoms with van der Waals surface area (Å²) in [6, 6.07) is 4.26. The highest BCUT2D eigenvalue weighted by Gasteiger charge is 2.34. The van der Waals surface area contributed by atoms with Crippen LogP contribution in [-0.2, 0) is 23.8 Å². The van der Waals surface area contributed by atoms with Crippen LogP contribution in [0.2, 0.25) is 0 Å². The molecule has 0 atom stereocenters. The number of aromatic nitrogens is 4. The number of nitrogens with zero attached hydrogens (tertiary/aromatic N) is 4. The average Bonchev–Trinajstić information content (AvgIpc) is 3.26. The lowest BCUT2D eigenvalue weighted by Crippen LogP contribution is -2.39. The molecule has 0 aliphatic carbocycles. The zero-order valence-corrected chi connectivity index (χ0v) is 14.8. The minimum atomic E-state index is -1.25. The molecule has 12 nitrogen and oxygen atoms in total. The smallest absolute Gasteiger partial charge is 0.355 e. The summed E-state index contributed by atoms with van der Waals surface area (Å²) >= 11 is 0. The Morgan fingerprint density at radius 3 is 2.57 bits per heavy atom. The van der Waals surface area contributed by atoms with E-state index in [0.717, 1.165) is 14.2 Å². The summed E-state index contributed by atoms with van der Waals surface area (Å²) in [5.41, 5.74) is 0.109. The molecule has 2 N–H and O–H groups in total. The fraction of sp³-hybridized carbons (Fsp3) is 0.250. The van der Waals surface area contributed by atoms with E-state index < -0.39 is 17.9 Å². The predicted octanol–water partition coefficient (Wildman–Crippen LogP) is -0.0409. The first kappa shape index (κ1) is 19.0. The molecule has 0 spiro atoms. The molecule has 1 aliphatic rings. The highest BCUT2D eigenvalue weighted by atomic mass is 16.5. The Morgan fingerprint density at radius 2 is 1.96 bits per heavy atom. The van der Waals surface area contributed by atoms with Crippen LogP contribution in [0.1, 0.15) is 10.4 Å². The summed E-state index contributed by atoms with van der Waals surface area (Å²) in [4.78, 5) is 37.5. The number of hydrogen-bond acceptors (Lipinski definition) is 10. The van der Waals surface area contributed by atoms with Gasteiger partial charge < -0.3 is 24.2 Å². The van der Waals surface area contributed by atoms with E-state index in [4.69, 9.17) is 14.2 Å². The molecule has 0 amide bonds. The van der Waals surface area contributed by atoms with Crippen molar-refractivity contribution in [2.24, 2.45) is 0 Å². The lowest BCUT2D eigenvalue weighted by Gasteiger charge is -2.32. The van der Waals surface area contributed by atoms with Crippen LogP contribution in [-0.4, -0.2) is 71.2 Å². The van der Waals surface area contributed by atoms with Crippen LogP contribution >= 0.6 is 0 Å². The highest BCUT2D eigenvalue weighted by Crippen LogP contribution is 2.32. The second-order valence-corrected chi connectivity index (χ2v) is 5.49. The molecule has 146 valence electrons. The van der Waals surface area contributed by atoms with Crippen molar-refractivity contribution in [1.82, 2.24) is 20.6 Å². The number of methoxy groups -OCH3 is 2. The molecule has 12 heteroatoms. The number of hydrogen-bond donors (Lipinski definition) is 2. The Morgan fingerprint density at radius 1 is 1.21 bits per heavy atom. The molecule has 0 radical (unpaired) electrons. The zero-order valence-electron chi connectivity index (χ0n) is 14.8. The minimum Gasteiger partial charge on any atom is -0.478 e. The molecule has 0 bridgehead atoms. The number of esters is 2. The lowest BCUT2D eigenvalue weighted by molar-refractivity contribution is -0.140. The third-order valence-corrected chi connectivity index (χ3v) is 3.96. The van der Waals surface area contributed by atoms with E-state index in [1.807, 2.05) is 0 Å². The van der Waals surface area contributed by atoms with Crippen LogP contribution in [0.3, 0.4) is 0 Å². The summed E-state index contributed by atoms with van der Waals surface area (Å²) in [5, 5.41) is 23.0. The molecule has 1 aliphatic heterocycles. The van der Waals surface area contributed by atoms with E-state index in [-0.39, 0.29) is 41.7 Å². The van der Waals surface area contributed by atoms with Gasteiger partial charge in [0.15, 0.2) is 0 Å². The van der Waals surface area contributed by atoms with E-state index in [1.54, 1.807) is 0 Å². The van der Waals surface area contributed by atoms with Crippen LogP contribution in [0.15, 0.2) is 29.5 Å². The summed E-state index contributed by atoms with van der Waals surface area (Å²) in [5.74, 6) is -2.67. The van der Waals surface area contributed by atoms with Gasteiger partial charge in [0.25, 0.3) is 0 Å². The molecule has 0 saturated carbocycles. The molecule has 3 rings (SSSR count). The number of carbonyl (C=O) groups is 3. The quantitative estimate of drug-likeness (QED) is 0.661. The van der Waals surface area contributed by atoms with Gasteiger partial charge in [-0.1, -0.05) is 6.07 Å². The number of aromatic amines is 1. The SMILES string of the molecule is COC(=O)C1=C(C(=O)OC)N(c2cc(-c3nn[nH]n3)ccc2C(=O)O)COC1. The van der Waals surface area contributed by atoms with Gasteiger partial charge in [0, 0.05) is 5.56 Å². The first-order valence-corrected chi connectivity index (χ1v) is 7.84. The molecule has 0 saturated heterocycles. The van der Waals surface area contributed by atoms with Crippen LogP contribution in [0, 0.1) is 0 Å². The van der Waals surface area contributed by atoms with Crippen molar-refractivity contribution < 1.29 is 33.7 Å². The second-order valence-electron chi connectivity index (χ2n) is 5.49. The van der Waals surface area contributed by atoms with Crippen molar-refractivity contribution >= 4 is 23.6 Å². The first-order chi connectivity index (χ1) is 13.5. The van der Waals surface area contributed by atoms with Gasteiger partial charge in [-0.2, -0.15) is 5.21 Å². The van der Waals surface area contributed by atoms with Gasteiger partial charge in [-0.05, 0) is 17.3 Å². The Bertz CT molecular complexity index is 954.